The number of carbonyl (C=O) groups excluding carboxylic acids is 1. The Balaban J connectivity index is 1.61. The fourth-order valence-corrected chi connectivity index (χ4v) is 4.83. The first kappa shape index (κ1) is 22.1. The fraction of sp³-hybridized carbons (Fsp3) is 0.409. The maximum Gasteiger partial charge on any atom is 0.254 e. The van der Waals surface area contributed by atoms with E-state index >= 15 is 0 Å². The van der Waals surface area contributed by atoms with Crippen LogP contribution in [0.3, 0.4) is 0 Å². The number of phenols is 2. The second-order valence-electron chi connectivity index (χ2n) is 8.70. The van der Waals surface area contributed by atoms with Crippen LogP contribution in [0.4, 0.5) is 0 Å². The van der Waals surface area contributed by atoms with E-state index in [-0.39, 0.29) is 39.3 Å². The smallest absolute Gasteiger partial charge is 0.254 e. The lowest BCUT2D eigenvalue weighted by molar-refractivity contribution is 0.0710. The zero-order valence-corrected chi connectivity index (χ0v) is 18.2. The molecule has 0 aromatic heterocycles. The Kier molecular flexibility index (Phi) is 6.10. The maximum atomic E-state index is 12.7. The van der Waals surface area contributed by atoms with Crippen LogP contribution in [0.2, 0.25) is 0 Å². The summed E-state index contributed by atoms with van der Waals surface area (Å²) < 4.78 is 28.2. The lowest BCUT2D eigenvalue weighted by Gasteiger charge is -2.32. The summed E-state index contributed by atoms with van der Waals surface area (Å²) >= 11 is 0. The molecule has 1 heterocycles. The molecule has 1 fully saturated rings. The second kappa shape index (κ2) is 8.28. The molecule has 1 amide bonds. The number of rotatable bonds is 4. The largest absolute Gasteiger partial charge is 0.508 e. The van der Waals surface area contributed by atoms with E-state index in [9.17, 15) is 23.4 Å². The lowest BCUT2D eigenvalue weighted by atomic mass is 9.87. The zero-order valence-electron chi connectivity index (χ0n) is 17.4. The van der Waals surface area contributed by atoms with Crippen LogP contribution in [0.25, 0.3) is 0 Å². The van der Waals surface area contributed by atoms with E-state index in [1.807, 2.05) is 12.1 Å². The molecule has 1 aliphatic rings. The first-order valence-corrected chi connectivity index (χ1v) is 11.4. The monoisotopic (exact) mass is 432 g/mol. The molecule has 2 aromatic rings. The number of hydrogen-bond donors (Lipinski definition) is 3. The maximum absolute atomic E-state index is 12.7. The highest BCUT2D eigenvalue weighted by Crippen LogP contribution is 2.25. The van der Waals surface area contributed by atoms with Gasteiger partial charge in [-0.2, -0.15) is 0 Å². The van der Waals surface area contributed by atoms with Crippen molar-refractivity contribution >= 4 is 15.9 Å². The summed E-state index contributed by atoms with van der Waals surface area (Å²) in [4.78, 5) is 14.4. The van der Waals surface area contributed by atoms with Crippen molar-refractivity contribution in [3.8, 4) is 11.5 Å². The molecule has 3 N–H and O–H groups in total. The normalized spacial score (nSPS) is 15.9. The number of piperidine rings is 1. The van der Waals surface area contributed by atoms with Gasteiger partial charge in [0.05, 0.1) is 4.90 Å². The van der Waals surface area contributed by atoms with Gasteiger partial charge in [-0.3, -0.25) is 4.79 Å². The third-order valence-electron chi connectivity index (χ3n) is 5.28. The molecule has 8 heteroatoms. The molecule has 0 unspecified atom stereocenters. The summed E-state index contributed by atoms with van der Waals surface area (Å²) in [5, 5.41) is 19.1. The summed E-state index contributed by atoms with van der Waals surface area (Å²) in [6, 6.07) is 10.4. The second-order valence-corrected chi connectivity index (χ2v) is 10.4. The van der Waals surface area contributed by atoms with Crippen molar-refractivity contribution in [2.75, 3.05) is 13.1 Å². The first-order valence-electron chi connectivity index (χ1n) is 9.91. The molecule has 162 valence electrons. The van der Waals surface area contributed by atoms with Gasteiger partial charge >= 0.3 is 0 Å². The molecule has 0 bridgehead atoms. The fourth-order valence-electron chi connectivity index (χ4n) is 3.52. The van der Waals surface area contributed by atoms with Gasteiger partial charge in [-0.1, -0.05) is 32.9 Å². The van der Waals surface area contributed by atoms with Crippen molar-refractivity contribution in [1.82, 2.24) is 9.62 Å². The molecule has 0 aliphatic carbocycles. The van der Waals surface area contributed by atoms with Gasteiger partial charge < -0.3 is 15.1 Å². The molecule has 3 rings (SSSR count). The third kappa shape index (κ3) is 5.12. The van der Waals surface area contributed by atoms with Gasteiger partial charge in [-0.15, -0.1) is 0 Å². The average molecular weight is 433 g/mol. The Hall–Kier alpha value is -2.58. The highest BCUT2D eigenvalue weighted by molar-refractivity contribution is 7.89. The number of amides is 1. The van der Waals surface area contributed by atoms with Crippen LogP contribution in [-0.4, -0.2) is 48.6 Å². The van der Waals surface area contributed by atoms with Gasteiger partial charge in [-0.25, -0.2) is 13.1 Å². The van der Waals surface area contributed by atoms with E-state index in [2.05, 4.69) is 25.5 Å². The highest BCUT2D eigenvalue weighted by atomic mass is 32.2. The van der Waals surface area contributed by atoms with Gasteiger partial charge in [0.1, 0.15) is 11.5 Å². The van der Waals surface area contributed by atoms with E-state index in [4.69, 9.17) is 0 Å². The van der Waals surface area contributed by atoms with Crippen LogP contribution < -0.4 is 4.72 Å². The van der Waals surface area contributed by atoms with E-state index in [0.717, 1.165) is 11.6 Å². The Bertz CT molecular complexity index is 998. The zero-order chi connectivity index (χ0) is 22.1. The number of nitrogens with zero attached hydrogens (tertiary/aromatic N) is 1. The number of hydrogen-bond acceptors (Lipinski definition) is 5. The minimum Gasteiger partial charge on any atom is -0.508 e. The molecular formula is C22H28N2O5S. The van der Waals surface area contributed by atoms with E-state index in [1.165, 1.54) is 12.1 Å². The van der Waals surface area contributed by atoms with Gasteiger partial charge in [0.2, 0.25) is 10.0 Å². The molecule has 0 spiro atoms. The van der Waals surface area contributed by atoms with Crippen molar-refractivity contribution in [3.05, 3.63) is 53.6 Å². The van der Waals surface area contributed by atoms with E-state index < -0.39 is 10.0 Å². The van der Waals surface area contributed by atoms with Crippen molar-refractivity contribution in [2.24, 2.45) is 0 Å². The van der Waals surface area contributed by atoms with Crippen LogP contribution in [-0.2, 0) is 15.4 Å². The molecule has 0 radical (unpaired) electrons. The Morgan fingerprint density at radius 2 is 1.53 bits per heavy atom. The van der Waals surface area contributed by atoms with Crippen molar-refractivity contribution in [2.45, 2.75) is 50.0 Å². The molecule has 1 aliphatic heterocycles. The predicted octanol–water partition coefficient (Wildman–Crippen LogP) is 2.98. The molecule has 1 saturated heterocycles. The number of carbonyl (C=O) groups is 1. The number of benzene rings is 2. The molecule has 30 heavy (non-hydrogen) atoms. The van der Waals surface area contributed by atoms with Gasteiger partial charge in [0, 0.05) is 30.8 Å². The lowest BCUT2D eigenvalue weighted by Crippen LogP contribution is -2.46. The van der Waals surface area contributed by atoms with E-state index in [0.29, 0.717) is 25.9 Å². The Labute approximate surface area is 177 Å². The minimum absolute atomic E-state index is 0.0541. The van der Waals surface area contributed by atoms with Crippen molar-refractivity contribution in [1.29, 1.82) is 0 Å². The molecule has 0 atom stereocenters. The summed E-state index contributed by atoms with van der Waals surface area (Å²) in [5.74, 6) is -0.669. The van der Waals surface area contributed by atoms with Gasteiger partial charge in [0.25, 0.3) is 5.91 Å². The standard InChI is InChI=1S/C22H28N2O5S/c1-22(2,3)16-4-6-20(7-5-16)30(28,29)23-17-8-10-24(11-9-17)21(27)15-12-18(25)14-19(26)13-15/h4-7,12-14,17,23,25-26H,8-11H2,1-3H3. The SMILES string of the molecule is CC(C)(C)c1ccc(S(=O)(=O)NC2CCN(C(=O)c3cc(O)cc(O)c3)CC2)cc1. The van der Waals surface area contributed by atoms with E-state index in [1.54, 1.807) is 17.0 Å². The molecular weight excluding hydrogens is 404 g/mol. The number of nitrogens with one attached hydrogen (secondary N) is 1. The Morgan fingerprint density at radius 3 is 2.03 bits per heavy atom. The number of sulfonamides is 1. The summed E-state index contributed by atoms with van der Waals surface area (Å²) in [6.07, 6.45) is 0.964. The number of aromatic hydroxyl groups is 2. The summed E-state index contributed by atoms with van der Waals surface area (Å²) in [7, 11) is -3.64. The van der Waals surface area contributed by atoms with Crippen LogP contribution in [0.5, 0.6) is 11.5 Å². The van der Waals surface area contributed by atoms with Crippen LogP contribution in [0.1, 0.15) is 49.5 Å². The average Bonchev–Trinajstić information content (AvgIpc) is 2.66. The first-order chi connectivity index (χ1) is 14.0. The van der Waals surface area contributed by atoms with Gasteiger partial charge in [0.15, 0.2) is 0 Å². The third-order valence-corrected chi connectivity index (χ3v) is 6.82. The van der Waals surface area contributed by atoms with Crippen LogP contribution >= 0.6 is 0 Å². The number of phenolic OH excluding ortho intramolecular Hbond substituents is 2. The molecule has 7 nitrogen and oxygen atoms in total. The molecule has 0 saturated carbocycles. The van der Waals surface area contributed by atoms with Crippen molar-refractivity contribution in [3.63, 3.8) is 0 Å². The van der Waals surface area contributed by atoms with Gasteiger partial charge in [-0.05, 0) is 48.1 Å². The quantitative estimate of drug-likeness (QED) is 0.689. The Morgan fingerprint density at radius 1 is 1.00 bits per heavy atom. The summed E-state index contributed by atoms with van der Waals surface area (Å²) in [5.41, 5.74) is 1.21. The summed E-state index contributed by atoms with van der Waals surface area (Å²) in [6.45, 7) is 6.97. The minimum atomic E-state index is -3.64. The molecule has 2 aromatic carbocycles. The predicted molar refractivity (Wildman–Crippen MR) is 114 cm³/mol. The van der Waals surface area contributed by atoms with Crippen molar-refractivity contribution < 1.29 is 23.4 Å². The van der Waals surface area contributed by atoms with Crippen LogP contribution in [0.15, 0.2) is 47.4 Å². The number of likely N-dealkylation sites (tertiary alicyclic amines) is 1. The topological polar surface area (TPSA) is 107 Å². The highest BCUT2D eigenvalue weighted by Gasteiger charge is 2.28. The van der Waals surface area contributed by atoms with Crippen LogP contribution in [0, 0.1) is 0 Å².